The van der Waals surface area contributed by atoms with Gasteiger partial charge in [-0.3, -0.25) is 0 Å². The first-order valence-corrected chi connectivity index (χ1v) is 8.55. The van der Waals surface area contributed by atoms with Crippen LogP contribution >= 0.6 is 0 Å². The fourth-order valence-corrected chi connectivity index (χ4v) is 2.31. The fraction of sp³-hybridized carbons (Fsp3) is 0.778. The molecule has 0 radical (unpaired) electrons. The van der Waals surface area contributed by atoms with E-state index >= 15 is 0 Å². The van der Waals surface area contributed by atoms with Crippen LogP contribution in [0.4, 0.5) is 0 Å². The van der Waals surface area contributed by atoms with E-state index in [2.05, 4.69) is 23.8 Å². The van der Waals surface area contributed by atoms with Crippen LogP contribution in [0.5, 0.6) is 0 Å². The maximum atomic E-state index is 5.88. The zero-order chi connectivity index (χ0) is 17.1. The van der Waals surface area contributed by atoms with Crippen LogP contribution in [-0.2, 0) is 16.9 Å². The van der Waals surface area contributed by atoms with E-state index in [4.69, 9.17) is 4.74 Å². The van der Waals surface area contributed by atoms with Gasteiger partial charge in [-0.15, -0.1) is 0 Å². The van der Waals surface area contributed by atoms with Crippen LogP contribution in [0.1, 0.15) is 91.0 Å². The first-order valence-electron chi connectivity index (χ1n) is 8.55. The summed E-state index contributed by atoms with van der Waals surface area (Å²) in [5, 5.41) is 0. The highest BCUT2D eigenvalue weighted by Crippen LogP contribution is 2.39. The summed E-state index contributed by atoms with van der Waals surface area (Å²) in [7, 11) is 0. The minimum atomic E-state index is -0.192. The molecule has 0 amide bonds. The van der Waals surface area contributed by atoms with Gasteiger partial charge in [-0.2, -0.15) is 0 Å². The van der Waals surface area contributed by atoms with E-state index in [-0.39, 0.29) is 5.60 Å². The Morgan fingerprint density at radius 1 is 1.00 bits per heavy atom. The summed E-state index contributed by atoms with van der Waals surface area (Å²) in [6.45, 7) is 21.0. The quantitative estimate of drug-likeness (QED) is 0.700. The van der Waals surface area contributed by atoms with Gasteiger partial charge >= 0.3 is 0 Å². The molecular weight excluding hydrogens is 260 g/mol. The smallest absolute Gasteiger partial charge is 0.125 e. The third-order valence-corrected chi connectivity index (χ3v) is 3.09. The number of aryl methyl sites for hydroxylation is 2. The molecular formula is C18H36N2O. The molecule has 0 saturated heterocycles. The molecule has 124 valence electrons. The van der Waals surface area contributed by atoms with Gasteiger partial charge in [0.2, 0.25) is 0 Å². The molecule has 0 fully saturated rings. The second-order valence-electron chi connectivity index (χ2n) is 4.45. The van der Waals surface area contributed by atoms with E-state index < -0.39 is 0 Å². The van der Waals surface area contributed by atoms with Gasteiger partial charge in [0.1, 0.15) is 11.4 Å². The van der Waals surface area contributed by atoms with Crippen molar-refractivity contribution in [2.75, 3.05) is 0 Å². The van der Waals surface area contributed by atoms with Crippen molar-refractivity contribution in [2.24, 2.45) is 0 Å². The van der Waals surface area contributed by atoms with Crippen molar-refractivity contribution in [1.29, 1.82) is 0 Å². The maximum absolute atomic E-state index is 5.88. The topological polar surface area (TPSA) is 35.0 Å². The van der Waals surface area contributed by atoms with Crippen LogP contribution in [0, 0.1) is 13.8 Å². The molecule has 0 aromatic carbocycles. The third kappa shape index (κ3) is 5.74. The van der Waals surface area contributed by atoms with Crippen molar-refractivity contribution < 1.29 is 4.74 Å². The molecule has 1 aliphatic heterocycles. The number of hydrogen-bond donors (Lipinski definition) is 0. The zero-order valence-electron chi connectivity index (χ0n) is 15.9. The highest BCUT2D eigenvalue weighted by molar-refractivity contribution is 5.32. The summed E-state index contributed by atoms with van der Waals surface area (Å²) in [6, 6.07) is 0. The molecule has 0 spiro atoms. The molecule has 21 heavy (non-hydrogen) atoms. The molecule has 0 saturated carbocycles. The number of nitrogens with zero attached hydrogens (tertiary/aromatic N) is 2. The minimum absolute atomic E-state index is 0.192. The molecule has 3 nitrogen and oxygen atoms in total. The average molecular weight is 296 g/mol. The molecule has 1 aromatic rings. The van der Waals surface area contributed by atoms with Gasteiger partial charge in [0.15, 0.2) is 0 Å². The molecule has 0 bridgehead atoms. The SMILES string of the molecule is CC.CC.CC.CCCC1(C)OCc2c(C)nc(C)nc21. The predicted molar refractivity (Wildman–Crippen MR) is 92.6 cm³/mol. The fourth-order valence-electron chi connectivity index (χ4n) is 2.31. The van der Waals surface area contributed by atoms with Gasteiger partial charge in [0.05, 0.1) is 12.3 Å². The van der Waals surface area contributed by atoms with Crippen LogP contribution in [0.25, 0.3) is 0 Å². The Kier molecular flexibility index (Phi) is 12.4. The molecule has 1 atom stereocenters. The van der Waals surface area contributed by atoms with Crippen LogP contribution in [0.15, 0.2) is 0 Å². The Morgan fingerprint density at radius 2 is 1.52 bits per heavy atom. The van der Waals surface area contributed by atoms with Crippen molar-refractivity contribution >= 4 is 0 Å². The summed E-state index contributed by atoms with van der Waals surface area (Å²) in [5.74, 6) is 0.846. The standard InChI is InChI=1S/C12H18N2O.3C2H6/c1-5-6-12(4)11-10(7-15-12)8(2)13-9(3)14-11;3*1-2/h5-7H2,1-4H3;3*1-2H3. The van der Waals surface area contributed by atoms with E-state index in [0.29, 0.717) is 6.61 Å². The Balaban J connectivity index is 0. The average Bonchev–Trinajstić information content (AvgIpc) is 2.83. The van der Waals surface area contributed by atoms with Crippen molar-refractivity contribution in [2.45, 2.75) is 94.3 Å². The highest BCUT2D eigenvalue weighted by atomic mass is 16.5. The van der Waals surface area contributed by atoms with Crippen LogP contribution in [0.2, 0.25) is 0 Å². The monoisotopic (exact) mass is 296 g/mol. The summed E-state index contributed by atoms with van der Waals surface area (Å²) in [6.07, 6.45) is 2.13. The minimum Gasteiger partial charge on any atom is -0.364 e. The van der Waals surface area contributed by atoms with E-state index in [0.717, 1.165) is 30.1 Å². The van der Waals surface area contributed by atoms with Crippen molar-refractivity contribution in [3.63, 3.8) is 0 Å². The summed E-state index contributed by atoms with van der Waals surface area (Å²) in [5.41, 5.74) is 3.17. The molecule has 1 unspecified atom stereocenters. The summed E-state index contributed by atoms with van der Waals surface area (Å²) < 4.78 is 5.88. The second-order valence-corrected chi connectivity index (χ2v) is 4.45. The maximum Gasteiger partial charge on any atom is 0.125 e. The lowest BCUT2D eigenvalue weighted by atomic mass is 9.94. The second kappa shape index (κ2) is 11.7. The van der Waals surface area contributed by atoms with Gasteiger partial charge in [0, 0.05) is 11.3 Å². The van der Waals surface area contributed by atoms with Gasteiger partial charge in [-0.25, -0.2) is 9.97 Å². The molecule has 1 aliphatic rings. The Morgan fingerprint density at radius 3 is 2.00 bits per heavy atom. The molecule has 1 aromatic heterocycles. The van der Waals surface area contributed by atoms with E-state index in [1.54, 1.807) is 0 Å². The van der Waals surface area contributed by atoms with Crippen molar-refractivity contribution in [1.82, 2.24) is 9.97 Å². The lowest BCUT2D eigenvalue weighted by Crippen LogP contribution is -2.22. The van der Waals surface area contributed by atoms with E-state index in [1.165, 1.54) is 5.56 Å². The Labute approximate surface area is 132 Å². The van der Waals surface area contributed by atoms with Crippen LogP contribution < -0.4 is 0 Å². The largest absolute Gasteiger partial charge is 0.364 e. The summed E-state index contributed by atoms with van der Waals surface area (Å²) in [4.78, 5) is 8.93. The first kappa shape index (κ1) is 22.3. The van der Waals surface area contributed by atoms with E-state index in [1.807, 2.05) is 55.4 Å². The Hall–Kier alpha value is -0.960. The summed E-state index contributed by atoms with van der Waals surface area (Å²) >= 11 is 0. The van der Waals surface area contributed by atoms with Crippen LogP contribution in [0.3, 0.4) is 0 Å². The Bertz CT molecular complexity index is 391. The highest BCUT2D eigenvalue weighted by Gasteiger charge is 2.37. The number of aromatic nitrogens is 2. The third-order valence-electron chi connectivity index (χ3n) is 3.09. The van der Waals surface area contributed by atoms with Gasteiger partial charge in [0.25, 0.3) is 0 Å². The number of rotatable bonds is 2. The molecule has 2 heterocycles. The van der Waals surface area contributed by atoms with Crippen molar-refractivity contribution in [3.8, 4) is 0 Å². The number of fused-ring (bicyclic) bond motifs is 1. The van der Waals surface area contributed by atoms with Gasteiger partial charge in [-0.05, 0) is 27.2 Å². The lowest BCUT2D eigenvalue weighted by molar-refractivity contribution is -0.0323. The van der Waals surface area contributed by atoms with Gasteiger partial charge in [-0.1, -0.05) is 54.9 Å². The molecule has 3 heteroatoms. The first-order chi connectivity index (χ1) is 10.1. The van der Waals surface area contributed by atoms with Crippen molar-refractivity contribution in [3.05, 3.63) is 22.8 Å². The molecule has 2 rings (SSSR count). The van der Waals surface area contributed by atoms with Gasteiger partial charge < -0.3 is 4.74 Å². The van der Waals surface area contributed by atoms with Crippen LogP contribution in [-0.4, -0.2) is 9.97 Å². The lowest BCUT2D eigenvalue weighted by Gasteiger charge is -2.23. The molecule has 0 N–H and O–H groups in total. The number of hydrogen-bond acceptors (Lipinski definition) is 3. The zero-order valence-corrected chi connectivity index (χ0v) is 15.9. The molecule has 0 aliphatic carbocycles. The normalized spacial score (nSPS) is 18.2. The number of ether oxygens (including phenoxy) is 1. The van der Waals surface area contributed by atoms with E-state index in [9.17, 15) is 0 Å². The predicted octanol–water partition coefficient (Wildman–Crippen LogP) is 5.72.